The van der Waals surface area contributed by atoms with Crippen molar-refractivity contribution < 1.29 is 0 Å². The van der Waals surface area contributed by atoms with Gasteiger partial charge >= 0.3 is 0 Å². The van der Waals surface area contributed by atoms with Gasteiger partial charge in [0.05, 0.1) is 0 Å². The van der Waals surface area contributed by atoms with Crippen molar-refractivity contribution in [3.05, 3.63) is 35.3 Å². The van der Waals surface area contributed by atoms with Gasteiger partial charge in [-0.3, -0.25) is 0 Å². The van der Waals surface area contributed by atoms with E-state index < -0.39 is 0 Å². The zero-order valence-corrected chi connectivity index (χ0v) is 8.14. The van der Waals surface area contributed by atoms with Crippen LogP contribution in [0.2, 0.25) is 0 Å². The third-order valence-corrected chi connectivity index (χ3v) is 2.74. The molecule has 0 atom stereocenters. The molecule has 1 aromatic carbocycles. The first-order chi connectivity index (χ1) is 6.29. The number of benzene rings is 1. The van der Waals surface area contributed by atoms with Crippen molar-refractivity contribution in [1.82, 2.24) is 4.98 Å². The van der Waals surface area contributed by atoms with Crippen molar-refractivity contribution in [3.63, 3.8) is 0 Å². The van der Waals surface area contributed by atoms with Gasteiger partial charge in [-0.1, -0.05) is 12.1 Å². The third kappa shape index (κ3) is 1.42. The first-order valence-electron chi connectivity index (χ1n) is 4.04. The summed E-state index contributed by atoms with van der Waals surface area (Å²) in [4.78, 5) is 4.25. The minimum absolute atomic E-state index is 0.801. The average molecular weight is 190 g/mol. The Morgan fingerprint density at radius 1 is 1.38 bits per heavy atom. The van der Waals surface area contributed by atoms with Crippen LogP contribution in [0.15, 0.2) is 29.8 Å². The molecule has 0 aliphatic carbocycles. The van der Waals surface area contributed by atoms with Gasteiger partial charge in [-0.15, -0.1) is 11.3 Å². The number of rotatable bonds is 1. The van der Waals surface area contributed by atoms with Gasteiger partial charge in [0.2, 0.25) is 0 Å². The third-order valence-electron chi connectivity index (χ3n) is 1.95. The van der Waals surface area contributed by atoms with Gasteiger partial charge in [-0.05, 0) is 18.6 Å². The van der Waals surface area contributed by atoms with Gasteiger partial charge in [0.15, 0.2) is 0 Å². The van der Waals surface area contributed by atoms with Crippen LogP contribution in [-0.4, -0.2) is 4.98 Å². The second-order valence-electron chi connectivity index (χ2n) is 2.88. The lowest BCUT2D eigenvalue weighted by Gasteiger charge is -2.04. The number of nitrogen functional groups attached to an aromatic ring is 1. The lowest BCUT2D eigenvalue weighted by Crippen LogP contribution is -1.91. The number of nitrogens with zero attached hydrogens (tertiary/aromatic N) is 1. The van der Waals surface area contributed by atoms with E-state index in [9.17, 15) is 0 Å². The van der Waals surface area contributed by atoms with Gasteiger partial charge < -0.3 is 5.73 Å². The molecule has 3 heteroatoms. The Balaban J connectivity index is 2.64. The van der Waals surface area contributed by atoms with Gasteiger partial charge in [-0.25, -0.2) is 4.98 Å². The Morgan fingerprint density at radius 2 is 2.23 bits per heavy atom. The summed E-state index contributed by atoms with van der Waals surface area (Å²) in [5.74, 6) is 0. The SMILES string of the molecule is Cc1cccc(N)c1-c1nccs1. The topological polar surface area (TPSA) is 38.9 Å². The quantitative estimate of drug-likeness (QED) is 0.702. The molecule has 0 amide bonds. The summed E-state index contributed by atoms with van der Waals surface area (Å²) in [6.45, 7) is 2.05. The van der Waals surface area contributed by atoms with Crippen LogP contribution in [0.4, 0.5) is 5.69 Å². The van der Waals surface area contributed by atoms with E-state index in [1.54, 1.807) is 17.5 Å². The molecule has 0 saturated heterocycles. The van der Waals surface area contributed by atoms with E-state index in [1.807, 2.05) is 30.5 Å². The predicted octanol–water partition coefficient (Wildman–Crippen LogP) is 2.70. The van der Waals surface area contributed by atoms with E-state index in [2.05, 4.69) is 4.98 Å². The van der Waals surface area contributed by atoms with E-state index in [-0.39, 0.29) is 0 Å². The van der Waals surface area contributed by atoms with E-state index in [0.29, 0.717) is 0 Å². The highest BCUT2D eigenvalue weighted by molar-refractivity contribution is 7.13. The molecule has 2 N–H and O–H groups in total. The van der Waals surface area contributed by atoms with Crippen molar-refractivity contribution >= 4 is 17.0 Å². The Labute approximate surface area is 81.1 Å². The first-order valence-corrected chi connectivity index (χ1v) is 4.92. The summed E-state index contributed by atoms with van der Waals surface area (Å²) in [5, 5.41) is 2.96. The standard InChI is InChI=1S/C10H10N2S/c1-7-3-2-4-8(11)9(7)10-12-5-6-13-10/h2-6H,11H2,1H3. The van der Waals surface area contributed by atoms with Crippen LogP contribution in [0, 0.1) is 6.92 Å². The van der Waals surface area contributed by atoms with E-state index in [1.165, 1.54) is 5.56 Å². The second kappa shape index (κ2) is 3.18. The first kappa shape index (κ1) is 8.26. The Kier molecular flexibility index (Phi) is 2.02. The molecule has 0 saturated carbocycles. The minimum atomic E-state index is 0.801. The van der Waals surface area contributed by atoms with Crippen LogP contribution >= 0.6 is 11.3 Å². The fraction of sp³-hybridized carbons (Fsp3) is 0.100. The molecular weight excluding hydrogens is 180 g/mol. The summed E-state index contributed by atoms with van der Waals surface area (Å²) in [6, 6.07) is 5.92. The van der Waals surface area contributed by atoms with Crippen LogP contribution in [0.5, 0.6) is 0 Å². The molecule has 2 aromatic rings. The molecule has 66 valence electrons. The molecule has 0 unspecified atom stereocenters. The highest BCUT2D eigenvalue weighted by Crippen LogP contribution is 2.30. The average Bonchev–Trinajstić information content (AvgIpc) is 2.57. The van der Waals surface area contributed by atoms with Crippen molar-refractivity contribution in [3.8, 4) is 10.6 Å². The van der Waals surface area contributed by atoms with Crippen molar-refractivity contribution in [2.45, 2.75) is 6.92 Å². The number of hydrogen-bond donors (Lipinski definition) is 1. The summed E-state index contributed by atoms with van der Waals surface area (Å²) >= 11 is 1.61. The predicted molar refractivity (Wildman–Crippen MR) is 56.7 cm³/mol. The Morgan fingerprint density at radius 3 is 2.85 bits per heavy atom. The molecule has 0 fully saturated rings. The number of anilines is 1. The van der Waals surface area contributed by atoms with Crippen LogP contribution < -0.4 is 5.73 Å². The Hall–Kier alpha value is -1.35. The van der Waals surface area contributed by atoms with Crippen molar-refractivity contribution in [1.29, 1.82) is 0 Å². The molecule has 1 heterocycles. The molecule has 2 nitrogen and oxygen atoms in total. The molecular formula is C10H10N2S. The summed E-state index contributed by atoms with van der Waals surface area (Å²) in [6.07, 6.45) is 1.80. The second-order valence-corrected chi connectivity index (χ2v) is 3.77. The number of hydrogen-bond acceptors (Lipinski definition) is 3. The number of aryl methyl sites for hydroxylation is 1. The fourth-order valence-corrected chi connectivity index (χ4v) is 2.10. The normalized spacial score (nSPS) is 10.2. The fourth-order valence-electron chi connectivity index (χ4n) is 1.33. The summed E-state index contributed by atoms with van der Waals surface area (Å²) in [7, 11) is 0. The van der Waals surface area contributed by atoms with Gasteiger partial charge in [0, 0.05) is 22.8 Å². The maximum atomic E-state index is 5.88. The van der Waals surface area contributed by atoms with Gasteiger partial charge in [0.1, 0.15) is 5.01 Å². The van der Waals surface area contributed by atoms with E-state index >= 15 is 0 Å². The number of nitrogens with two attached hydrogens (primary N) is 1. The van der Waals surface area contributed by atoms with E-state index in [4.69, 9.17) is 5.73 Å². The zero-order valence-electron chi connectivity index (χ0n) is 7.32. The number of aromatic nitrogens is 1. The lowest BCUT2D eigenvalue weighted by atomic mass is 10.1. The molecule has 0 bridgehead atoms. The lowest BCUT2D eigenvalue weighted by molar-refractivity contribution is 1.38. The number of thiazole rings is 1. The molecule has 0 aliphatic rings. The summed E-state index contributed by atoms with van der Waals surface area (Å²) < 4.78 is 0. The zero-order chi connectivity index (χ0) is 9.26. The highest BCUT2D eigenvalue weighted by Gasteiger charge is 2.06. The maximum absolute atomic E-state index is 5.88. The van der Waals surface area contributed by atoms with E-state index in [0.717, 1.165) is 16.3 Å². The minimum Gasteiger partial charge on any atom is -0.398 e. The molecule has 2 rings (SSSR count). The van der Waals surface area contributed by atoms with Crippen molar-refractivity contribution in [2.75, 3.05) is 5.73 Å². The van der Waals surface area contributed by atoms with Crippen LogP contribution in [0.3, 0.4) is 0 Å². The smallest absolute Gasteiger partial charge is 0.125 e. The Bertz CT molecular complexity index is 387. The van der Waals surface area contributed by atoms with Gasteiger partial charge in [-0.2, -0.15) is 0 Å². The highest BCUT2D eigenvalue weighted by atomic mass is 32.1. The monoisotopic (exact) mass is 190 g/mol. The van der Waals surface area contributed by atoms with Crippen LogP contribution in [0.25, 0.3) is 10.6 Å². The maximum Gasteiger partial charge on any atom is 0.125 e. The molecule has 0 spiro atoms. The largest absolute Gasteiger partial charge is 0.398 e. The summed E-state index contributed by atoms with van der Waals surface area (Å²) in [5.41, 5.74) is 8.92. The molecule has 0 radical (unpaired) electrons. The van der Waals surface area contributed by atoms with Crippen LogP contribution in [-0.2, 0) is 0 Å². The molecule has 0 aliphatic heterocycles. The van der Waals surface area contributed by atoms with Crippen molar-refractivity contribution in [2.24, 2.45) is 0 Å². The molecule has 13 heavy (non-hydrogen) atoms. The molecule has 1 aromatic heterocycles. The van der Waals surface area contributed by atoms with Gasteiger partial charge in [0.25, 0.3) is 0 Å². The van der Waals surface area contributed by atoms with Crippen LogP contribution in [0.1, 0.15) is 5.56 Å².